The molecule has 0 aliphatic heterocycles. The maximum Gasteiger partial charge on any atom is 0.276 e. The number of rotatable bonds is 5. The van der Waals surface area contributed by atoms with Gasteiger partial charge >= 0.3 is 0 Å². The van der Waals surface area contributed by atoms with Crippen LogP contribution in [0.2, 0.25) is 0 Å². The van der Waals surface area contributed by atoms with Crippen LogP contribution < -0.4 is 20.3 Å². The van der Waals surface area contributed by atoms with Crippen LogP contribution in [0.25, 0.3) is 0 Å². The Morgan fingerprint density at radius 1 is 1.21 bits per heavy atom. The third-order valence-electron chi connectivity index (χ3n) is 2.89. The Morgan fingerprint density at radius 3 is 2.67 bits per heavy atom. The summed E-state index contributed by atoms with van der Waals surface area (Å²) >= 11 is 0. The number of aromatic nitrogens is 1. The van der Waals surface area contributed by atoms with E-state index in [0.29, 0.717) is 17.2 Å². The maximum atomic E-state index is 11.8. The molecule has 0 bridgehead atoms. The van der Waals surface area contributed by atoms with Crippen molar-refractivity contribution in [1.29, 1.82) is 5.26 Å². The van der Waals surface area contributed by atoms with Crippen LogP contribution in [0.15, 0.2) is 42.6 Å². The second-order valence-corrected chi connectivity index (χ2v) is 4.49. The lowest BCUT2D eigenvalue weighted by Crippen LogP contribution is -2.43. The standard InChI is InChI=1S/C16H14N4O4/c1-23-15-7-6-12(9-18-15)16(22)20-19-14(21)10-24-13-5-3-2-4-11(13)8-17/h2-7,9H,10H2,1H3,(H,19,21)(H,20,22). The lowest BCUT2D eigenvalue weighted by Gasteiger charge is -2.09. The highest BCUT2D eigenvalue weighted by Gasteiger charge is 2.09. The van der Waals surface area contributed by atoms with Crippen molar-refractivity contribution in [2.24, 2.45) is 0 Å². The third-order valence-corrected chi connectivity index (χ3v) is 2.89. The molecule has 0 atom stereocenters. The molecule has 0 aliphatic rings. The number of methoxy groups -OCH3 is 1. The van der Waals surface area contributed by atoms with Crippen molar-refractivity contribution >= 4 is 11.8 Å². The van der Waals surface area contributed by atoms with Crippen molar-refractivity contribution < 1.29 is 19.1 Å². The normalized spacial score (nSPS) is 9.50. The second kappa shape index (κ2) is 8.14. The number of nitriles is 1. The molecule has 1 aromatic carbocycles. The number of carbonyl (C=O) groups is 2. The number of pyridine rings is 1. The molecule has 0 aliphatic carbocycles. The molecule has 2 rings (SSSR count). The van der Waals surface area contributed by atoms with Crippen LogP contribution in [0.5, 0.6) is 11.6 Å². The Balaban J connectivity index is 1.82. The molecular formula is C16H14N4O4. The summed E-state index contributed by atoms with van der Waals surface area (Å²) in [6.07, 6.45) is 1.32. The van der Waals surface area contributed by atoms with E-state index < -0.39 is 11.8 Å². The van der Waals surface area contributed by atoms with E-state index in [-0.39, 0.29) is 12.2 Å². The summed E-state index contributed by atoms with van der Waals surface area (Å²) < 4.78 is 10.1. The fourth-order valence-electron chi connectivity index (χ4n) is 1.70. The molecule has 122 valence electrons. The maximum absolute atomic E-state index is 11.8. The number of benzene rings is 1. The smallest absolute Gasteiger partial charge is 0.276 e. The number of hydrazine groups is 1. The molecule has 2 amide bonds. The molecular weight excluding hydrogens is 312 g/mol. The minimum atomic E-state index is -0.572. The van der Waals surface area contributed by atoms with E-state index in [1.54, 1.807) is 24.3 Å². The quantitative estimate of drug-likeness (QED) is 0.786. The zero-order chi connectivity index (χ0) is 17.4. The first kappa shape index (κ1) is 16.8. The van der Waals surface area contributed by atoms with Crippen molar-refractivity contribution in [1.82, 2.24) is 15.8 Å². The molecule has 0 saturated heterocycles. The Hall–Kier alpha value is -3.60. The predicted molar refractivity (Wildman–Crippen MR) is 83.0 cm³/mol. The zero-order valence-electron chi connectivity index (χ0n) is 12.8. The summed E-state index contributed by atoms with van der Waals surface area (Å²) in [6.45, 7) is -0.347. The number of nitrogens with one attached hydrogen (secondary N) is 2. The Kier molecular flexibility index (Phi) is 5.69. The van der Waals surface area contributed by atoms with E-state index in [0.717, 1.165) is 0 Å². The van der Waals surface area contributed by atoms with Gasteiger partial charge in [-0.05, 0) is 18.2 Å². The van der Waals surface area contributed by atoms with Gasteiger partial charge in [0.1, 0.15) is 11.8 Å². The van der Waals surface area contributed by atoms with Crippen molar-refractivity contribution in [3.63, 3.8) is 0 Å². The van der Waals surface area contributed by atoms with Gasteiger partial charge in [0.25, 0.3) is 11.8 Å². The summed E-state index contributed by atoms with van der Waals surface area (Å²) in [5, 5.41) is 8.92. The van der Waals surface area contributed by atoms with Gasteiger partial charge in [-0.2, -0.15) is 5.26 Å². The topological polar surface area (TPSA) is 113 Å². The molecule has 0 saturated carbocycles. The Bertz CT molecular complexity index is 768. The lowest BCUT2D eigenvalue weighted by molar-refractivity contribution is -0.123. The number of para-hydroxylation sites is 1. The highest BCUT2D eigenvalue weighted by atomic mass is 16.5. The van der Waals surface area contributed by atoms with Crippen molar-refractivity contribution in [2.75, 3.05) is 13.7 Å². The van der Waals surface area contributed by atoms with Gasteiger partial charge in [-0.1, -0.05) is 12.1 Å². The van der Waals surface area contributed by atoms with Gasteiger partial charge in [0, 0.05) is 12.3 Å². The van der Waals surface area contributed by atoms with Crippen LogP contribution in [0.4, 0.5) is 0 Å². The molecule has 8 heteroatoms. The SMILES string of the molecule is COc1ccc(C(=O)NNC(=O)COc2ccccc2C#N)cn1. The Morgan fingerprint density at radius 2 is 2.00 bits per heavy atom. The lowest BCUT2D eigenvalue weighted by atomic mass is 10.2. The van der Waals surface area contributed by atoms with Crippen LogP contribution in [-0.4, -0.2) is 30.5 Å². The third kappa shape index (κ3) is 4.45. The molecule has 0 unspecified atom stereocenters. The molecule has 8 nitrogen and oxygen atoms in total. The molecule has 2 aromatic rings. The van der Waals surface area contributed by atoms with E-state index in [4.69, 9.17) is 14.7 Å². The molecule has 2 N–H and O–H groups in total. The molecule has 0 fully saturated rings. The summed E-state index contributed by atoms with van der Waals surface area (Å²) in [5.41, 5.74) is 5.02. The number of amides is 2. The minimum Gasteiger partial charge on any atom is -0.482 e. The van der Waals surface area contributed by atoms with Gasteiger partial charge in [-0.3, -0.25) is 20.4 Å². The minimum absolute atomic E-state index is 0.256. The number of ether oxygens (including phenoxy) is 2. The first-order valence-corrected chi connectivity index (χ1v) is 6.85. The predicted octanol–water partition coefficient (Wildman–Crippen LogP) is 0.802. The average Bonchev–Trinajstić information content (AvgIpc) is 2.64. The number of carbonyl (C=O) groups excluding carboxylic acids is 2. The Labute approximate surface area is 138 Å². The van der Waals surface area contributed by atoms with Crippen LogP contribution in [0.1, 0.15) is 15.9 Å². The van der Waals surface area contributed by atoms with E-state index in [1.165, 1.54) is 25.4 Å². The first-order chi connectivity index (χ1) is 11.6. The average molecular weight is 326 g/mol. The molecule has 0 spiro atoms. The van der Waals surface area contributed by atoms with Crippen LogP contribution in [0, 0.1) is 11.3 Å². The molecule has 24 heavy (non-hydrogen) atoms. The van der Waals surface area contributed by atoms with E-state index in [2.05, 4.69) is 15.8 Å². The highest BCUT2D eigenvalue weighted by molar-refractivity contribution is 5.95. The van der Waals surface area contributed by atoms with E-state index in [9.17, 15) is 9.59 Å². The summed E-state index contributed by atoms with van der Waals surface area (Å²) in [7, 11) is 1.47. The number of hydrogen-bond acceptors (Lipinski definition) is 6. The van der Waals surface area contributed by atoms with Crippen LogP contribution >= 0.6 is 0 Å². The fourth-order valence-corrected chi connectivity index (χ4v) is 1.70. The van der Waals surface area contributed by atoms with Crippen molar-refractivity contribution in [3.8, 4) is 17.7 Å². The summed E-state index contributed by atoms with van der Waals surface area (Å²) in [6, 6.07) is 11.5. The van der Waals surface area contributed by atoms with Gasteiger partial charge in [-0.15, -0.1) is 0 Å². The van der Waals surface area contributed by atoms with E-state index >= 15 is 0 Å². The number of hydrogen-bond donors (Lipinski definition) is 2. The van der Waals surface area contributed by atoms with Crippen molar-refractivity contribution in [2.45, 2.75) is 0 Å². The van der Waals surface area contributed by atoms with Gasteiger partial charge in [0.15, 0.2) is 6.61 Å². The zero-order valence-corrected chi connectivity index (χ0v) is 12.8. The molecule has 1 heterocycles. The number of nitrogens with zero attached hydrogens (tertiary/aromatic N) is 2. The van der Waals surface area contributed by atoms with Crippen LogP contribution in [-0.2, 0) is 4.79 Å². The van der Waals surface area contributed by atoms with Crippen LogP contribution in [0.3, 0.4) is 0 Å². The largest absolute Gasteiger partial charge is 0.482 e. The summed E-state index contributed by atoms with van der Waals surface area (Å²) in [4.78, 5) is 27.4. The van der Waals surface area contributed by atoms with Gasteiger partial charge < -0.3 is 9.47 Å². The fraction of sp³-hybridized carbons (Fsp3) is 0.125. The van der Waals surface area contributed by atoms with Gasteiger partial charge in [0.05, 0.1) is 18.2 Å². The first-order valence-electron chi connectivity index (χ1n) is 6.85. The van der Waals surface area contributed by atoms with Gasteiger partial charge in [0.2, 0.25) is 5.88 Å². The van der Waals surface area contributed by atoms with Crippen molar-refractivity contribution in [3.05, 3.63) is 53.7 Å². The van der Waals surface area contributed by atoms with Gasteiger partial charge in [-0.25, -0.2) is 4.98 Å². The summed E-state index contributed by atoms with van der Waals surface area (Å²) in [5.74, 6) is -0.436. The second-order valence-electron chi connectivity index (χ2n) is 4.49. The molecule has 0 radical (unpaired) electrons. The molecule has 1 aromatic heterocycles. The van der Waals surface area contributed by atoms with E-state index in [1.807, 2.05) is 6.07 Å². The highest BCUT2D eigenvalue weighted by Crippen LogP contribution is 2.16. The monoisotopic (exact) mass is 326 g/mol.